The Bertz CT molecular complexity index is 3560. The highest BCUT2D eigenvalue weighted by Crippen LogP contribution is 2.42. The zero-order valence-corrected chi connectivity index (χ0v) is 31.1. The van der Waals surface area contributed by atoms with E-state index < -0.39 is 0 Å². The topological polar surface area (TPSA) is 65.0 Å². The van der Waals surface area contributed by atoms with Gasteiger partial charge in [0, 0.05) is 52.8 Å². The fourth-order valence-electron chi connectivity index (χ4n) is 8.31. The second-order valence-corrected chi connectivity index (χ2v) is 15.4. The summed E-state index contributed by atoms with van der Waals surface area (Å²) in [5, 5.41) is 6.64. The molecule has 0 atom stereocenters. The van der Waals surface area contributed by atoms with Crippen molar-refractivity contribution >= 4 is 75.4 Å². The van der Waals surface area contributed by atoms with Crippen LogP contribution in [-0.4, -0.2) is 15.0 Å². The van der Waals surface area contributed by atoms with Crippen LogP contribution < -0.4 is 0 Å². The van der Waals surface area contributed by atoms with E-state index in [0.29, 0.717) is 17.5 Å². The van der Waals surface area contributed by atoms with E-state index in [1.54, 1.807) is 0 Å². The quantitative estimate of drug-likeness (QED) is 0.175. The molecule has 4 heterocycles. The Morgan fingerprint density at radius 1 is 0.351 bits per heavy atom. The fraction of sp³-hybridized carbons (Fsp3) is 0. The Morgan fingerprint density at radius 3 is 1.74 bits per heavy atom. The Morgan fingerprint density at radius 2 is 0.895 bits per heavy atom. The first-order valence-corrected chi connectivity index (χ1v) is 19.7. The lowest BCUT2D eigenvalue weighted by Gasteiger charge is -2.11. The lowest BCUT2D eigenvalue weighted by atomic mass is 9.97. The molecule has 57 heavy (non-hydrogen) atoms. The average Bonchev–Trinajstić information content (AvgIpc) is 3.98. The molecule has 0 radical (unpaired) electrons. The largest absolute Gasteiger partial charge is 0.456 e. The van der Waals surface area contributed by atoms with Crippen molar-refractivity contribution in [2.45, 2.75) is 0 Å². The van der Waals surface area contributed by atoms with Gasteiger partial charge in [0.1, 0.15) is 22.3 Å². The van der Waals surface area contributed by atoms with Gasteiger partial charge in [-0.15, -0.1) is 11.3 Å². The minimum atomic E-state index is 0.535. The molecular weight excluding hydrogens is 719 g/mol. The zero-order chi connectivity index (χ0) is 37.5. The van der Waals surface area contributed by atoms with Gasteiger partial charge < -0.3 is 8.83 Å². The van der Waals surface area contributed by atoms with Crippen molar-refractivity contribution in [3.05, 3.63) is 176 Å². The van der Waals surface area contributed by atoms with Crippen LogP contribution >= 0.6 is 11.3 Å². The molecule has 0 spiro atoms. The van der Waals surface area contributed by atoms with Crippen molar-refractivity contribution in [3.8, 4) is 56.4 Å². The SMILES string of the molecule is c1cc(-c2cccc(-c3cccc4c3sc3ccccc34)c2)cc(-c2nc(-c3cccc4c3oc3ccccc34)nc(-c3cccc4oc5ccccc5c34)n2)c1. The van der Waals surface area contributed by atoms with Gasteiger partial charge in [0.05, 0.1) is 5.56 Å². The van der Waals surface area contributed by atoms with E-state index in [2.05, 4.69) is 115 Å². The number of benzene rings is 8. The first kappa shape index (κ1) is 31.9. The molecule has 0 saturated carbocycles. The van der Waals surface area contributed by atoms with Crippen molar-refractivity contribution in [3.63, 3.8) is 0 Å². The van der Waals surface area contributed by atoms with Gasteiger partial charge in [0.25, 0.3) is 0 Å². The Balaban J connectivity index is 1.04. The number of para-hydroxylation sites is 3. The first-order chi connectivity index (χ1) is 28.2. The molecule has 0 saturated heterocycles. The van der Waals surface area contributed by atoms with E-state index >= 15 is 0 Å². The number of hydrogen-bond acceptors (Lipinski definition) is 6. The summed E-state index contributed by atoms with van der Waals surface area (Å²) in [6.07, 6.45) is 0. The molecule has 0 unspecified atom stereocenters. The molecule has 266 valence electrons. The van der Waals surface area contributed by atoms with Gasteiger partial charge in [-0.1, -0.05) is 133 Å². The van der Waals surface area contributed by atoms with Gasteiger partial charge in [0.2, 0.25) is 0 Å². The summed E-state index contributed by atoms with van der Waals surface area (Å²) in [5.74, 6) is 1.67. The van der Waals surface area contributed by atoms with Gasteiger partial charge in [-0.05, 0) is 64.7 Å². The van der Waals surface area contributed by atoms with Crippen molar-refractivity contribution in [1.29, 1.82) is 0 Å². The van der Waals surface area contributed by atoms with Gasteiger partial charge >= 0.3 is 0 Å². The third-order valence-corrected chi connectivity index (χ3v) is 12.2. The van der Waals surface area contributed by atoms with Crippen molar-refractivity contribution in [2.75, 3.05) is 0 Å². The molecular formula is C51H29N3O2S. The third kappa shape index (κ3) is 5.12. The summed E-state index contributed by atoms with van der Waals surface area (Å²) < 4.78 is 15.4. The maximum absolute atomic E-state index is 6.50. The summed E-state index contributed by atoms with van der Waals surface area (Å²) in [4.78, 5) is 15.6. The van der Waals surface area contributed by atoms with E-state index in [4.69, 9.17) is 23.8 Å². The van der Waals surface area contributed by atoms with Crippen LogP contribution in [-0.2, 0) is 0 Å². The number of hydrogen-bond donors (Lipinski definition) is 0. The number of thiophene rings is 1. The second-order valence-electron chi connectivity index (χ2n) is 14.3. The monoisotopic (exact) mass is 747 g/mol. The standard InChI is InChI=1S/C51H29N3O2S/c1-4-24-42-35(16-1)37-20-10-23-41(47(37)56-42)51-53-49(52-50(54-51)40-22-11-26-44-46(40)39-18-2-5-25-43(39)55-44)33-15-8-13-31(29-33)30-12-7-14-32(28-30)34-19-9-21-38-36-17-3-6-27-45(36)57-48(34)38/h1-29H. The van der Waals surface area contributed by atoms with Crippen molar-refractivity contribution < 1.29 is 8.83 Å². The van der Waals surface area contributed by atoms with Crippen LogP contribution in [0.25, 0.3) is 120 Å². The molecule has 0 bridgehead atoms. The Labute approximate surface area is 330 Å². The molecule has 0 aliphatic carbocycles. The van der Waals surface area contributed by atoms with Crippen molar-refractivity contribution in [1.82, 2.24) is 15.0 Å². The number of furan rings is 2. The van der Waals surface area contributed by atoms with Gasteiger partial charge in [-0.3, -0.25) is 0 Å². The van der Waals surface area contributed by atoms with Crippen LogP contribution in [0.3, 0.4) is 0 Å². The van der Waals surface area contributed by atoms with Crippen LogP contribution in [0.1, 0.15) is 0 Å². The van der Waals surface area contributed by atoms with Crippen LogP contribution in [0.15, 0.2) is 185 Å². The fourth-order valence-corrected chi connectivity index (χ4v) is 9.55. The molecule has 5 nitrogen and oxygen atoms in total. The molecule has 12 rings (SSSR count). The highest BCUT2D eigenvalue weighted by molar-refractivity contribution is 7.26. The van der Waals surface area contributed by atoms with Crippen molar-refractivity contribution in [2.24, 2.45) is 0 Å². The summed E-state index contributed by atoms with van der Waals surface area (Å²) in [6, 6.07) is 61.0. The first-order valence-electron chi connectivity index (χ1n) is 18.9. The highest BCUT2D eigenvalue weighted by Gasteiger charge is 2.21. The molecule has 8 aromatic carbocycles. The summed E-state index contributed by atoms with van der Waals surface area (Å²) in [5.41, 5.74) is 10.3. The van der Waals surface area contributed by atoms with Gasteiger partial charge in [0.15, 0.2) is 17.5 Å². The van der Waals surface area contributed by atoms with E-state index in [9.17, 15) is 0 Å². The van der Waals surface area contributed by atoms with Crippen LogP contribution in [0.4, 0.5) is 0 Å². The molecule has 12 aromatic rings. The normalized spacial score (nSPS) is 11.9. The molecule has 4 aromatic heterocycles. The lowest BCUT2D eigenvalue weighted by Crippen LogP contribution is -2.00. The van der Waals surface area contributed by atoms with Gasteiger partial charge in [-0.2, -0.15) is 0 Å². The third-order valence-electron chi connectivity index (χ3n) is 11.0. The number of aromatic nitrogens is 3. The smallest absolute Gasteiger partial charge is 0.167 e. The predicted molar refractivity (Wildman–Crippen MR) is 234 cm³/mol. The summed E-state index contributed by atoms with van der Waals surface area (Å²) in [7, 11) is 0. The molecule has 0 fully saturated rings. The zero-order valence-electron chi connectivity index (χ0n) is 30.3. The highest BCUT2D eigenvalue weighted by atomic mass is 32.1. The van der Waals surface area contributed by atoms with Gasteiger partial charge in [-0.25, -0.2) is 15.0 Å². The molecule has 0 amide bonds. The van der Waals surface area contributed by atoms with E-state index in [0.717, 1.165) is 71.7 Å². The maximum atomic E-state index is 6.50. The number of fused-ring (bicyclic) bond motifs is 9. The Hall–Kier alpha value is -7.41. The van der Waals surface area contributed by atoms with E-state index in [1.165, 1.54) is 31.3 Å². The van der Waals surface area contributed by atoms with Crippen LogP contribution in [0, 0.1) is 0 Å². The van der Waals surface area contributed by atoms with E-state index in [1.807, 2.05) is 72.0 Å². The van der Waals surface area contributed by atoms with E-state index in [-0.39, 0.29) is 0 Å². The maximum Gasteiger partial charge on any atom is 0.167 e. The predicted octanol–water partition coefficient (Wildman–Crippen LogP) is 14.4. The molecule has 0 aliphatic heterocycles. The van der Waals surface area contributed by atoms with Crippen LogP contribution in [0.2, 0.25) is 0 Å². The minimum absolute atomic E-state index is 0.535. The minimum Gasteiger partial charge on any atom is -0.456 e. The second kappa shape index (κ2) is 12.6. The van der Waals surface area contributed by atoms with Crippen LogP contribution in [0.5, 0.6) is 0 Å². The lowest BCUT2D eigenvalue weighted by molar-refractivity contribution is 0.668. The number of rotatable bonds is 5. The summed E-state index contributed by atoms with van der Waals surface area (Å²) >= 11 is 1.85. The molecule has 0 aliphatic rings. The molecule has 6 heteroatoms. The molecule has 0 N–H and O–H groups in total. The number of nitrogens with zero attached hydrogens (tertiary/aromatic N) is 3. The summed E-state index contributed by atoms with van der Waals surface area (Å²) in [6.45, 7) is 0. The Kier molecular flexibility index (Phi) is 7.03. The average molecular weight is 748 g/mol.